The number of anilines is 2. The number of aromatic nitrogens is 3. The molecule has 0 bridgehead atoms. The lowest BCUT2D eigenvalue weighted by Crippen LogP contribution is -2.39. The smallest absolute Gasteiger partial charge is 0.227 e. The van der Waals surface area contributed by atoms with Gasteiger partial charge in [-0.25, -0.2) is 9.97 Å². The fraction of sp³-hybridized carbons (Fsp3) is 0.545. The van der Waals surface area contributed by atoms with Crippen molar-refractivity contribution in [3.63, 3.8) is 0 Å². The SMILES string of the molecule is Cc1cc(Nc2ncccn2)cc([C@@H]2CCCN(C(=O)CC3CCCC3)C2)n1. The molecule has 1 N–H and O–H groups in total. The second kappa shape index (κ2) is 8.67. The number of likely N-dealkylation sites (tertiary alicyclic amines) is 1. The third-order valence-corrected chi connectivity index (χ3v) is 5.93. The number of piperidine rings is 1. The molecule has 0 spiro atoms. The maximum absolute atomic E-state index is 12.8. The maximum Gasteiger partial charge on any atom is 0.227 e. The molecular formula is C22H29N5O. The Bertz CT molecular complexity index is 804. The van der Waals surface area contributed by atoms with Gasteiger partial charge in [-0.3, -0.25) is 9.78 Å². The van der Waals surface area contributed by atoms with E-state index in [1.807, 2.05) is 13.0 Å². The average Bonchev–Trinajstić information content (AvgIpc) is 3.21. The van der Waals surface area contributed by atoms with E-state index in [9.17, 15) is 4.79 Å². The minimum atomic E-state index is 0.290. The molecule has 1 saturated carbocycles. The summed E-state index contributed by atoms with van der Waals surface area (Å²) in [6, 6.07) is 5.89. The molecule has 0 aromatic carbocycles. The summed E-state index contributed by atoms with van der Waals surface area (Å²) >= 11 is 0. The summed E-state index contributed by atoms with van der Waals surface area (Å²) in [7, 11) is 0. The monoisotopic (exact) mass is 379 g/mol. The van der Waals surface area contributed by atoms with Crippen LogP contribution >= 0.6 is 0 Å². The lowest BCUT2D eigenvalue weighted by atomic mass is 9.93. The molecule has 1 amide bonds. The number of amides is 1. The number of rotatable bonds is 5. The number of carbonyl (C=O) groups is 1. The first-order chi connectivity index (χ1) is 13.7. The molecule has 2 aromatic rings. The van der Waals surface area contributed by atoms with Gasteiger partial charge in [0.05, 0.1) is 0 Å². The van der Waals surface area contributed by atoms with Gasteiger partial charge in [-0.1, -0.05) is 12.8 Å². The summed E-state index contributed by atoms with van der Waals surface area (Å²) in [6.45, 7) is 3.67. The molecule has 1 atom stereocenters. The van der Waals surface area contributed by atoms with Gasteiger partial charge >= 0.3 is 0 Å². The van der Waals surface area contributed by atoms with Gasteiger partial charge in [-0.15, -0.1) is 0 Å². The molecule has 3 heterocycles. The van der Waals surface area contributed by atoms with E-state index in [0.29, 0.717) is 23.7 Å². The lowest BCUT2D eigenvalue weighted by molar-refractivity contribution is -0.133. The number of nitrogens with one attached hydrogen (secondary N) is 1. The van der Waals surface area contributed by atoms with Crippen LogP contribution in [-0.4, -0.2) is 38.8 Å². The third kappa shape index (κ3) is 4.66. The van der Waals surface area contributed by atoms with Crippen LogP contribution in [0.15, 0.2) is 30.6 Å². The van der Waals surface area contributed by atoms with Gasteiger partial charge in [-0.05, 0) is 56.7 Å². The lowest BCUT2D eigenvalue weighted by Gasteiger charge is -2.33. The molecule has 1 saturated heterocycles. The first-order valence-corrected chi connectivity index (χ1v) is 10.5. The predicted octanol–water partition coefficient (Wildman–Crippen LogP) is 4.21. The minimum absolute atomic E-state index is 0.290. The van der Waals surface area contributed by atoms with Gasteiger partial charge in [0, 0.05) is 54.9 Å². The van der Waals surface area contributed by atoms with Crippen molar-refractivity contribution >= 4 is 17.5 Å². The van der Waals surface area contributed by atoms with E-state index >= 15 is 0 Å². The number of hydrogen-bond donors (Lipinski definition) is 1. The zero-order valence-electron chi connectivity index (χ0n) is 16.6. The summed E-state index contributed by atoms with van der Waals surface area (Å²) < 4.78 is 0. The largest absolute Gasteiger partial charge is 0.342 e. The van der Waals surface area contributed by atoms with Crippen molar-refractivity contribution in [2.45, 2.75) is 57.8 Å². The van der Waals surface area contributed by atoms with Crippen LogP contribution in [0.25, 0.3) is 0 Å². The highest BCUT2D eigenvalue weighted by atomic mass is 16.2. The van der Waals surface area contributed by atoms with Crippen molar-refractivity contribution in [2.75, 3.05) is 18.4 Å². The Hall–Kier alpha value is -2.50. The number of pyridine rings is 1. The quantitative estimate of drug-likeness (QED) is 0.843. The summed E-state index contributed by atoms with van der Waals surface area (Å²) in [5, 5.41) is 3.26. The first kappa shape index (κ1) is 18.8. The van der Waals surface area contributed by atoms with E-state index in [0.717, 1.165) is 49.4 Å². The number of nitrogens with zero attached hydrogens (tertiary/aromatic N) is 4. The molecule has 1 aliphatic carbocycles. The van der Waals surface area contributed by atoms with Crippen LogP contribution in [-0.2, 0) is 4.79 Å². The zero-order chi connectivity index (χ0) is 19.3. The second-order valence-corrected chi connectivity index (χ2v) is 8.15. The van der Waals surface area contributed by atoms with Gasteiger partial charge < -0.3 is 10.2 Å². The van der Waals surface area contributed by atoms with Crippen LogP contribution < -0.4 is 5.32 Å². The number of carbonyl (C=O) groups excluding carboxylic acids is 1. The summed E-state index contributed by atoms with van der Waals surface area (Å²) in [6.07, 6.45) is 11.3. The topological polar surface area (TPSA) is 71.0 Å². The van der Waals surface area contributed by atoms with Gasteiger partial charge in [0.1, 0.15) is 0 Å². The van der Waals surface area contributed by atoms with E-state index in [1.165, 1.54) is 25.7 Å². The second-order valence-electron chi connectivity index (χ2n) is 8.15. The van der Waals surface area contributed by atoms with Crippen molar-refractivity contribution < 1.29 is 4.79 Å². The van der Waals surface area contributed by atoms with Gasteiger partial charge in [0.15, 0.2) is 0 Å². The van der Waals surface area contributed by atoms with Crippen LogP contribution in [0.4, 0.5) is 11.6 Å². The Morgan fingerprint density at radius 3 is 2.71 bits per heavy atom. The molecule has 6 nitrogen and oxygen atoms in total. The maximum atomic E-state index is 12.8. The van der Waals surface area contributed by atoms with Crippen LogP contribution in [0, 0.1) is 12.8 Å². The van der Waals surface area contributed by atoms with E-state index in [2.05, 4.69) is 26.3 Å². The van der Waals surface area contributed by atoms with Crippen molar-refractivity contribution in [3.8, 4) is 0 Å². The highest BCUT2D eigenvalue weighted by molar-refractivity contribution is 5.76. The van der Waals surface area contributed by atoms with E-state index in [1.54, 1.807) is 18.5 Å². The van der Waals surface area contributed by atoms with Crippen LogP contribution in [0.5, 0.6) is 0 Å². The predicted molar refractivity (Wildman–Crippen MR) is 109 cm³/mol. The molecule has 2 fully saturated rings. The van der Waals surface area contributed by atoms with Gasteiger partial charge in [0.25, 0.3) is 0 Å². The van der Waals surface area contributed by atoms with Gasteiger partial charge in [-0.2, -0.15) is 0 Å². The molecule has 1 aliphatic heterocycles. The average molecular weight is 380 g/mol. The molecule has 28 heavy (non-hydrogen) atoms. The molecule has 148 valence electrons. The van der Waals surface area contributed by atoms with Crippen molar-refractivity contribution in [1.29, 1.82) is 0 Å². The van der Waals surface area contributed by atoms with Crippen molar-refractivity contribution in [2.24, 2.45) is 5.92 Å². The van der Waals surface area contributed by atoms with Crippen LogP contribution in [0.2, 0.25) is 0 Å². The Morgan fingerprint density at radius 2 is 1.93 bits per heavy atom. The van der Waals surface area contributed by atoms with E-state index < -0.39 is 0 Å². The Morgan fingerprint density at radius 1 is 1.14 bits per heavy atom. The minimum Gasteiger partial charge on any atom is -0.342 e. The molecule has 0 unspecified atom stereocenters. The molecule has 2 aliphatic rings. The highest BCUT2D eigenvalue weighted by Gasteiger charge is 2.28. The fourth-order valence-electron chi connectivity index (χ4n) is 4.50. The molecular weight excluding hydrogens is 350 g/mol. The van der Waals surface area contributed by atoms with E-state index in [-0.39, 0.29) is 0 Å². The molecule has 2 aromatic heterocycles. The zero-order valence-corrected chi connectivity index (χ0v) is 16.6. The Labute approximate surface area is 166 Å². The molecule has 4 rings (SSSR count). The van der Waals surface area contributed by atoms with Crippen LogP contribution in [0.1, 0.15) is 62.3 Å². The van der Waals surface area contributed by atoms with Crippen molar-refractivity contribution in [1.82, 2.24) is 19.9 Å². The number of hydrogen-bond acceptors (Lipinski definition) is 5. The van der Waals surface area contributed by atoms with E-state index in [4.69, 9.17) is 4.98 Å². The van der Waals surface area contributed by atoms with Crippen molar-refractivity contribution in [3.05, 3.63) is 42.0 Å². The Balaban J connectivity index is 1.44. The first-order valence-electron chi connectivity index (χ1n) is 10.5. The molecule has 6 heteroatoms. The molecule has 0 radical (unpaired) electrons. The normalized spacial score (nSPS) is 20.3. The standard InChI is InChI=1S/C22H29N5O/c1-16-12-19(26-22-23-9-5-10-24-22)14-20(25-16)18-8-4-11-27(15-18)21(28)13-17-6-2-3-7-17/h5,9-10,12,14,17-18H,2-4,6-8,11,13,15H2,1H3,(H,23,24,25,26)/t18-/m1/s1. The van der Waals surface area contributed by atoms with Crippen LogP contribution in [0.3, 0.4) is 0 Å². The number of aryl methyl sites for hydroxylation is 1. The summed E-state index contributed by atoms with van der Waals surface area (Å²) in [5.74, 6) is 1.81. The summed E-state index contributed by atoms with van der Waals surface area (Å²) in [5.41, 5.74) is 2.96. The highest BCUT2D eigenvalue weighted by Crippen LogP contribution is 2.31. The van der Waals surface area contributed by atoms with Gasteiger partial charge in [0.2, 0.25) is 11.9 Å². The Kier molecular flexibility index (Phi) is 5.84. The fourth-order valence-corrected chi connectivity index (χ4v) is 4.50. The summed E-state index contributed by atoms with van der Waals surface area (Å²) in [4.78, 5) is 28.1. The third-order valence-electron chi connectivity index (χ3n) is 5.93.